The fourth-order valence-corrected chi connectivity index (χ4v) is 1.86. The summed E-state index contributed by atoms with van der Waals surface area (Å²) in [5, 5.41) is 5.69. The molecule has 1 rings (SSSR count). The molecule has 0 unspecified atom stereocenters. The van der Waals surface area contributed by atoms with Crippen LogP contribution in [-0.2, 0) is 9.59 Å². The topological polar surface area (TPSA) is 61.4 Å². The zero-order valence-corrected chi connectivity index (χ0v) is 11.7. The molecule has 1 aliphatic carbocycles. The van der Waals surface area contributed by atoms with E-state index >= 15 is 0 Å². The molecule has 0 bridgehead atoms. The van der Waals surface area contributed by atoms with Crippen molar-refractivity contribution in [1.82, 2.24) is 15.5 Å². The number of carbonyl (C=O) groups is 2. The quantitative estimate of drug-likeness (QED) is 0.486. The van der Waals surface area contributed by atoms with Gasteiger partial charge in [0.1, 0.15) is 5.41 Å². The third-order valence-electron chi connectivity index (χ3n) is 3.22. The van der Waals surface area contributed by atoms with Gasteiger partial charge in [0.05, 0.1) is 0 Å². The van der Waals surface area contributed by atoms with Crippen LogP contribution in [0.2, 0.25) is 0 Å². The fraction of sp³-hybridized carbons (Fsp3) is 0.846. The molecule has 0 spiro atoms. The molecule has 5 heteroatoms. The highest BCUT2D eigenvalue weighted by Gasteiger charge is 2.56. The minimum Gasteiger partial charge on any atom is -0.355 e. The van der Waals surface area contributed by atoms with Gasteiger partial charge >= 0.3 is 0 Å². The molecule has 104 valence electrons. The molecule has 0 radical (unpaired) electrons. The van der Waals surface area contributed by atoms with Crippen LogP contribution in [0.5, 0.6) is 0 Å². The summed E-state index contributed by atoms with van der Waals surface area (Å²) >= 11 is 0. The first-order valence-corrected chi connectivity index (χ1v) is 6.74. The maximum absolute atomic E-state index is 12.0. The van der Waals surface area contributed by atoms with Crippen molar-refractivity contribution in [1.29, 1.82) is 0 Å². The lowest BCUT2D eigenvalue weighted by Gasteiger charge is -2.15. The molecule has 0 aliphatic heterocycles. The maximum atomic E-state index is 12.0. The number of hydrogen-bond donors (Lipinski definition) is 2. The Kier molecular flexibility index (Phi) is 5.59. The van der Waals surface area contributed by atoms with Crippen molar-refractivity contribution >= 4 is 11.8 Å². The second-order valence-electron chi connectivity index (χ2n) is 5.25. The number of hydrogen-bond acceptors (Lipinski definition) is 3. The normalized spacial score (nSPS) is 16.4. The van der Waals surface area contributed by atoms with Gasteiger partial charge in [-0.2, -0.15) is 0 Å². The minimum absolute atomic E-state index is 0.102. The number of amides is 2. The van der Waals surface area contributed by atoms with E-state index in [0.717, 1.165) is 19.4 Å². The second kappa shape index (κ2) is 6.73. The first-order chi connectivity index (χ1) is 8.53. The predicted molar refractivity (Wildman–Crippen MR) is 71.1 cm³/mol. The van der Waals surface area contributed by atoms with Gasteiger partial charge in [-0.1, -0.05) is 6.92 Å². The molecule has 1 aliphatic rings. The molecule has 0 aromatic carbocycles. The van der Waals surface area contributed by atoms with Crippen LogP contribution in [0.15, 0.2) is 0 Å². The van der Waals surface area contributed by atoms with E-state index in [2.05, 4.69) is 15.5 Å². The number of carbonyl (C=O) groups excluding carboxylic acids is 2. The predicted octanol–water partition coefficient (Wildman–Crippen LogP) is 0.361. The zero-order valence-electron chi connectivity index (χ0n) is 11.7. The van der Waals surface area contributed by atoms with Gasteiger partial charge < -0.3 is 15.5 Å². The molecular weight excluding hydrogens is 230 g/mol. The van der Waals surface area contributed by atoms with E-state index in [1.807, 2.05) is 21.0 Å². The van der Waals surface area contributed by atoms with E-state index in [-0.39, 0.29) is 11.8 Å². The van der Waals surface area contributed by atoms with Crippen LogP contribution < -0.4 is 10.6 Å². The van der Waals surface area contributed by atoms with Crippen molar-refractivity contribution in [3.63, 3.8) is 0 Å². The van der Waals surface area contributed by atoms with Gasteiger partial charge in [0.2, 0.25) is 11.8 Å². The summed E-state index contributed by atoms with van der Waals surface area (Å²) < 4.78 is 0. The fourth-order valence-electron chi connectivity index (χ4n) is 1.86. The second-order valence-corrected chi connectivity index (χ2v) is 5.25. The first-order valence-electron chi connectivity index (χ1n) is 6.74. The van der Waals surface area contributed by atoms with Gasteiger partial charge in [-0.05, 0) is 46.3 Å². The maximum Gasteiger partial charge on any atom is 0.235 e. The molecule has 0 aromatic rings. The number of nitrogens with zero attached hydrogens (tertiary/aromatic N) is 1. The Morgan fingerprint density at radius 3 is 2.11 bits per heavy atom. The molecule has 0 saturated heterocycles. The lowest BCUT2D eigenvalue weighted by Crippen LogP contribution is -2.43. The summed E-state index contributed by atoms with van der Waals surface area (Å²) in [6, 6.07) is 0. The van der Waals surface area contributed by atoms with Crippen LogP contribution in [0.4, 0.5) is 0 Å². The Labute approximate surface area is 109 Å². The van der Waals surface area contributed by atoms with Crippen LogP contribution in [0.3, 0.4) is 0 Å². The summed E-state index contributed by atoms with van der Waals surface area (Å²) in [5.74, 6) is -0.204. The van der Waals surface area contributed by atoms with Gasteiger partial charge in [0.25, 0.3) is 0 Å². The van der Waals surface area contributed by atoms with E-state index in [0.29, 0.717) is 25.9 Å². The Morgan fingerprint density at radius 2 is 1.67 bits per heavy atom. The van der Waals surface area contributed by atoms with Gasteiger partial charge in [-0.3, -0.25) is 9.59 Å². The molecule has 1 fully saturated rings. The largest absolute Gasteiger partial charge is 0.355 e. The summed E-state index contributed by atoms with van der Waals surface area (Å²) in [6.45, 7) is 4.23. The van der Waals surface area contributed by atoms with Gasteiger partial charge in [0, 0.05) is 13.1 Å². The molecule has 0 atom stereocenters. The van der Waals surface area contributed by atoms with Crippen LogP contribution in [-0.4, -0.2) is 50.4 Å². The van der Waals surface area contributed by atoms with Crippen LogP contribution >= 0.6 is 0 Å². The van der Waals surface area contributed by atoms with Crippen molar-refractivity contribution in [3.05, 3.63) is 0 Å². The van der Waals surface area contributed by atoms with Crippen molar-refractivity contribution in [2.75, 3.05) is 33.7 Å². The van der Waals surface area contributed by atoms with E-state index in [1.165, 1.54) is 0 Å². The van der Waals surface area contributed by atoms with Crippen molar-refractivity contribution < 1.29 is 9.59 Å². The Hall–Kier alpha value is -1.10. The Bertz CT molecular complexity index is 299. The number of rotatable bonds is 8. The molecule has 1 saturated carbocycles. The van der Waals surface area contributed by atoms with Crippen molar-refractivity contribution in [2.45, 2.75) is 32.6 Å². The van der Waals surface area contributed by atoms with E-state index in [9.17, 15) is 9.59 Å². The molecule has 2 amide bonds. The Balaban J connectivity index is 2.30. The van der Waals surface area contributed by atoms with Crippen molar-refractivity contribution in [2.24, 2.45) is 5.41 Å². The third-order valence-corrected chi connectivity index (χ3v) is 3.22. The van der Waals surface area contributed by atoms with Crippen LogP contribution in [0.25, 0.3) is 0 Å². The standard InChI is InChI=1S/C13H25N3O2/c1-4-8-14-11(17)13(6-7-13)12(18)15-9-5-10-16(2)3/h4-10H2,1-3H3,(H,14,17)(H,15,18). The minimum atomic E-state index is -0.757. The molecule has 5 nitrogen and oxygen atoms in total. The highest BCUT2D eigenvalue weighted by molar-refractivity contribution is 6.07. The summed E-state index contributed by atoms with van der Waals surface area (Å²) in [6.07, 6.45) is 3.17. The molecule has 0 heterocycles. The highest BCUT2D eigenvalue weighted by atomic mass is 16.2. The number of nitrogens with one attached hydrogen (secondary N) is 2. The van der Waals surface area contributed by atoms with Gasteiger partial charge in [0.15, 0.2) is 0 Å². The van der Waals surface area contributed by atoms with Gasteiger partial charge in [-0.25, -0.2) is 0 Å². The molecule has 0 aromatic heterocycles. The molecule has 18 heavy (non-hydrogen) atoms. The zero-order chi connectivity index (χ0) is 13.6. The molecule has 2 N–H and O–H groups in total. The van der Waals surface area contributed by atoms with E-state index < -0.39 is 5.41 Å². The third kappa shape index (κ3) is 3.98. The van der Waals surface area contributed by atoms with Crippen molar-refractivity contribution in [3.8, 4) is 0 Å². The SMILES string of the molecule is CCCNC(=O)C1(C(=O)NCCCN(C)C)CC1. The first kappa shape index (κ1) is 15.0. The van der Waals surface area contributed by atoms with E-state index in [4.69, 9.17) is 0 Å². The summed E-state index contributed by atoms with van der Waals surface area (Å²) in [7, 11) is 4.00. The summed E-state index contributed by atoms with van der Waals surface area (Å²) in [5.41, 5.74) is -0.757. The van der Waals surface area contributed by atoms with Crippen LogP contribution in [0.1, 0.15) is 32.6 Å². The molecular formula is C13H25N3O2. The van der Waals surface area contributed by atoms with E-state index in [1.54, 1.807) is 0 Å². The smallest absolute Gasteiger partial charge is 0.235 e. The Morgan fingerprint density at radius 1 is 1.11 bits per heavy atom. The lowest BCUT2D eigenvalue weighted by molar-refractivity contribution is -0.137. The van der Waals surface area contributed by atoms with Gasteiger partial charge in [-0.15, -0.1) is 0 Å². The van der Waals surface area contributed by atoms with Crippen LogP contribution in [0, 0.1) is 5.41 Å². The average Bonchev–Trinajstić information content (AvgIpc) is 3.12. The highest BCUT2D eigenvalue weighted by Crippen LogP contribution is 2.46. The lowest BCUT2D eigenvalue weighted by atomic mass is 10.1. The summed E-state index contributed by atoms with van der Waals surface area (Å²) in [4.78, 5) is 26.0. The average molecular weight is 255 g/mol. The monoisotopic (exact) mass is 255 g/mol.